The second-order valence-electron chi connectivity index (χ2n) is 47.1. The molecule has 31 nitrogen and oxygen atoms in total. The molecule has 0 saturated carbocycles. The standard InChI is InChI=1S/C14H29N3O.C14H30N2O.2C13H28N2O.C11H22N2O3.C11H24N2O2.C11H24N2O.2C10H22N2O/c1-11(2)8-17(12(3)4)10-14(18)16-7-6-13(9-16)15-5;1-11(2)8-15-13(17)9-16(12(3)4)10-14(5,6)7;1-10(2)14-12(16)8-15(11(3)4)9-13(5,6)7;1-6-7-8-14-13(16)10-15(12(4)5)9-11(2)3;1-8(2)6-13(9(3)4)7-10(14)12-5-11(15)16;1-9(2)7-13(10(3)4)8-11(15)12-5-6-14;1-9(2)7-13(10(3)4)8-11(14)12(5)6;1-8(2)12(6-9(11)13)7-10(3,4)5;1-8(2)6-12(9(3)4)7-10(13)11-5/h11-13,15H,6-10H2,1-5H3;11-12H,8-10H2,1-7H3,(H,15,17);10-11H,8-9H2,1-7H3,(H,14,16);11-12H,6-10H2,1-5H3,(H,14,16);8-9H,5-7H2,1-4H3,(H,12,14)(H,15,16);9-10,14H,5-8H2,1-4H3,(H,12,15);9-10H,7-8H2,1-6H3;8H,6-7H2,1-5H3,(H2,11,13);8-9H,6-7H2,1-5H3,(H,11,13). The molecule has 1 heterocycles. The van der Waals surface area contributed by atoms with Gasteiger partial charge in [-0.05, 0) is 216 Å². The molecule has 824 valence electrons. The Morgan fingerprint density at radius 3 is 0.906 bits per heavy atom. The first-order valence-electron chi connectivity index (χ1n) is 52.5. The van der Waals surface area contributed by atoms with Crippen LogP contribution in [0.3, 0.4) is 0 Å². The molecule has 1 unspecified atom stereocenters. The van der Waals surface area contributed by atoms with Crippen molar-refractivity contribution in [3.8, 4) is 0 Å². The lowest BCUT2D eigenvalue weighted by molar-refractivity contribution is -0.138. The van der Waals surface area contributed by atoms with Gasteiger partial charge in [-0.15, -0.1) is 0 Å². The van der Waals surface area contributed by atoms with Gasteiger partial charge in [0.2, 0.25) is 53.2 Å². The number of unbranched alkanes of at least 4 members (excludes halogenated alkanes) is 1. The van der Waals surface area contributed by atoms with E-state index in [-0.39, 0.29) is 101 Å². The van der Waals surface area contributed by atoms with Crippen molar-refractivity contribution >= 4 is 59.1 Å². The van der Waals surface area contributed by atoms with E-state index < -0.39 is 5.97 Å². The van der Waals surface area contributed by atoms with Crippen molar-refractivity contribution in [1.82, 2.24) is 91.1 Å². The molecular weight excluding hydrogens is 1740 g/mol. The Labute approximate surface area is 849 Å². The van der Waals surface area contributed by atoms with Crippen LogP contribution in [0.2, 0.25) is 0 Å². The molecule has 0 aromatic carbocycles. The Hall–Kier alpha value is -5.74. The number of likely N-dealkylation sites (N-methyl/N-ethyl adjacent to an activating group) is 3. The molecule has 1 aliphatic heterocycles. The zero-order valence-corrected chi connectivity index (χ0v) is 98.7. The maximum absolute atomic E-state index is 12.3. The Morgan fingerprint density at radius 1 is 0.370 bits per heavy atom. The maximum atomic E-state index is 12.3. The number of aliphatic hydroxyl groups is 1. The number of nitrogens with one attached hydrogen (secondary N) is 7. The number of aliphatic hydroxyl groups excluding tert-OH is 1. The van der Waals surface area contributed by atoms with Gasteiger partial charge in [0, 0.05) is 179 Å². The molecule has 31 heteroatoms. The van der Waals surface area contributed by atoms with Crippen LogP contribution in [0.15, 0.2) is 0 Å². The predicted octanol–water partition coefficient (Wildman–Crippen LogP) is 13.0. The second kappa shape index (κ2) is 82.5. The molecule has 1 aliphatic rings. The van der Waals surface area contributed by atoms with E-state index in [4.69, 9.17) is 15.9 Å². The maximum Gasteiger partial charge on any atom is 0.322 e. The molecule has 0 aromatic heterocycles. The number of carbonyl (C=O) groups is 10. The van der Waals surface area contributed by atoms with E-state index in [1.165, 1.54) is 0 Å². The molecule has 0 aliphatic carbocycles. The predicted molar refractivity (Wildman–Crippen MR) is 584 cm³/mol. The number of likely N-dealkylation sites (tertiary alicyclic amines) is 1. The zero-order valence-electron chi connectivity index (χ0n) is 98.7. The van der Waals surface area contributed by atoms with Crippen molar-refractivity contribution in [3.05, 3.63) is 0 Å². The van der Waals surface area contributed by atoms with Gasteiger partial charge in [0.15, 0.2) is 0 Å². The monoisotopic (exact) mass is 1970 g/mol. The zero-order chi connectivity index (χ0) is 110. The summed E-state index contributed by atoms with van der Waals surface area (Å²) in [5.74, 6) is 3.39. The number of carboxylic acids is 1. The van der Waals surface area contributed by atoms with E-state index >= 15 is 0 Å². The van der Waals surface area contributed by atoms with Crippen molar-refractivity contribution in [2.24, 2.45) is 63.4 Å². The molecule has 1 rings (SSSR count). The lowest BCUT2D eigenvalue weighted by Crippen LogP contribution is -2.45. The minimum absolute atomic E-state index is 0.00238. The first kappa shape index (κ1) is 148. The number of nitrogens with zero attached hydrogens (tertiary/aromatic N) is 11. The van der Waals surface area contributed by atoms with E-state index in [2.05, 4.69) is 353 Å². The summed E-state index contributed by atoms with van der Waals surface area (Å²) in [4.78, 5) is 137. The number of amides is 9. The van der Waals surface area contributed by atoms with E-state index in [9.17, 15) is 47.9 Å². The largest absolute Gasteiger partial charge is 0.480 e. The number of nitrogens with two attached hydrogens (primary N) is 1. The normalized spacial score (nSPS) is 13.0. The summed E-state index contributed by atoms with van der Waals surface area (Å²) in [5.41, 5.74) is 5.83. The summed E-state index contributed by atoms with van der Waals surface area (Å²) < 4.78 is 0. The molecule has 1 saturated heterocycles. The highest BCUT2D eigenvalue weighted by Crippen LogP contribution is 2.21. The third kappa shape index (κ3) is 97.7. The number of primary amides is 1. The van der Waals surface area contributed by atoms with Gasteiger partial charge in [-0.3, -0.25) is 92.0 Å². The Bertz CT molecular complexity index is 3090. The van der Waals surface area contributed by atoms with Gasteiger partial charge < -0.3 is 63.0 Å². The van der Waals surface area contributed by atoms with Gasteiger partial charge in [-0.1, -0.05) is 173 Å². The van der Waals surface area contributed by atoms with Crippen LogP contribution in [0.4, 0.5) is 0 Å². The van der Waals surface area contributed by atoms with Gasteiger partial charge in [0.05, 0.1) is 65.5 Å². The van der Waals surface area contributed by atoms with Crippen molar-refractivity contribution in [3.63, 3.8) is 0 Å². The van der Waals surface area contributed by atoms with Gasteiger partial charge in [-0.25, -0.2) is 0 Å². The summed E-state index contributed by atoms with van der Waals surface area (Å²) in [6, 6.07) is 4.23. The Balaban J connectivity index is -0.000000230. The SMILES string of the molecule is CC(C)CN(CC(=O)N(C)C)C(C)C.CC(C)CN(CC(=O)NCC(=O)O)C(C)C.CC(C)CN(CC(=O)NCCO)C(C)C.CC(C)CNC(=O)CN(CC(C)(C)C)C(C)C.CC(C)N(CC(N)=O)CC(C)(C)C.CC(C)NC(=O)CN(CC(C)(C)C)C(C)C.CCCCNC(=O)CN(CC(C)C)C(C)C.CNC(=O)CN(CC(C)C)C(C)C.CNC1CCN(C(=O)CN(CC(C)C)C(C)C)C1. The van der Waals surface area contributed by atoms with Crippen LogP contribution in [-0.2, 0) is 47.9 Å². The van der Waals surface area contributed by atoms with Gasteiger partial charge >= 0.3 is 5.97 Å². The molecular formula is C107H229N19O12. The highest BCUT2D eigenvalue weighted by atomic mass is 16.4. The molecule has 0 spiro atoms. The van der Waals surface area contributed by atoms with Crippen LogP contribution in [0.5, 0.6) is 0 Å². The van der Waals surface area contributed by atoms with Crippen LogP contribution in [0.25, 0.3) is 0 Å². The van der Waals surface area contributed by atoms with E-state index in [0.717, 1.165) is 104 Å². The third-order valence-electron chi connectivity index (χ3n) is 20.9. The summed E-state index contributed by atoms with van der Waals surface area (Å²) in [5, 5.41) is 36.8. The second-order valence-corrected chi connectivity index (χ2v) is 47.1. The highest BCUT2D eigenvalue weighted by Gasteiger charge is 2.30. The molecule has 0 radical (unpaired) electrons. The van der Waals surface area contributed by atoms with Crippen LogP contribution >= 0.6 is 0 Å². The fourth-order valence-electron chi connectivity index (χ4n) is 13.5. The van der Waals surface area contributed by atoms with Crippen LogP contribution in [0.1, 0.15) is 324 Å². The summed E-state index contributed by atoms with van der Waals surface area (Å²) >= 11 is 0. The van der Waals surface area contributed by atoms with Crippen LogP contribution in [0, 0.1) is 57.7 Å². The van der Waals surface area contributed by atoms with Crippen LogP contribution in [-0.4, -0.2) is 382 Å². The minimum atomic E-state index is -1.02. The highest BCUT2D eigenvalue weighted by molar-refractivity contribution is 5.83. The average Bonchev–Trinajstić information content (AvgIpc) is 1.80. The molecule has 138 heavy (non-hydrogen) atoms. The summed E-state index contributed by atoms with van der Waals surface area (Å²) in [7, 11) is 7.25. The van der Waals surface area contributed by atoms with Crippen LogP contribution < -0.4 is 43.0 Å². The van der Waals surface area contributed by atoms with E-state index in [1.54, 1.807) is 26.0 Å². The fraction of sp³-hybridized carbons (Fsp3) is 0.907. The first-order chi connectivity index (χ1) is 63.0. The van der Waals surface area contributed by atoms with Crippen molar-refractivity contribution < 1.29 is 58.2 Å². The number of hydrogen-bond donors (Lipinski definition) is 10. The van der Waals surface area contributed by atoms with Crippen molar-refractivity contribution in [2.75, 3.05) is 192 Å². The first-order valence-corrected chi connectivity index (χ1v) is 52.5. The molecule has 11 N–H and O–H groups in total. The number of aliphatic carboxylic acids is 1. The lowest BCUT2D eigenvalue weighted by Gasteiger charge is -2.32. The molecule has 0 bridgehead atoms. The summed E-state index contributed by atoms with van der Waals surface area (Å²) in [6.07, 6.45) is 3.27. The number of rotatable bonds is 53. The molecule has 1 atom stereocenters. The molecule has 0 aromatic rings. The van der Waals surface area contributed by atoms with Gasteiger partial charge in [0.1, 0.15) is 6.54 Å². The molecule has 9 amide bonds. The number of carboxylic acid groups (broad SMARTS) is 1. The lowest BCUT2D eigenvalue weighted by atomic mass is 9.95. The van der Waals surface area contributed by atoms with Gasteiger partial charge in [0.25, 0.3) is 0 Å². The number of carbonyl (C=O) groups excluding carboxylic acids is 9. The quantitative estimate of drug-likeness (QED) is 0.0253. The van der Waals surface area contributed by atoms with E-state index in [1.807, 2.05) is 44.5 Å². The average molecular weight is 1970 g/mol. The summed E-state index contributed by atoms with van der Waals surface area (Å²) in [6.45, 7) is 110. The molecule has 1 fully saturated rings. The van der Waals surface area contributed by atoms with Crippen molar-refractivity contribution in [2.45, 2.75) is 390 Å². The third-order valence-corrected chi connectivity index (χ3v) is 20.9. The smallest absolute Gasteiger partial charge is 0.322 e. The Kier molecular flexibility index (Phi) is 88.3. The topological polar surface area (TPSA) is 357 Å². The van der Waals surface area contributed by atoms with E-state index in [0.29, 0.717) is 155 Å². The number of hydrogen-bond acceptors (Lipinski definition) is 21. The Morgan fingerprint density at radius 2 is 0.652 bits per heavy atom. The fourth-order valence-corrected chi connectivity index (χ4v) is 13.5. The minimum Gasteiger partial charge on any atom is -0.480 e. The van der Waals surface area contributed by atoms with Gasteiger partial charge in [-0.2, -0.15) is 0 Å². The van der Waals surface area contributed by atoms with Crippen molar-refractivity contribution in [1.29, 1.82) is 0 Å².